The van der Waals surface area contributed by atoms with E-state index < -0.39 is 45.7 Å². The fraction of sp³-hybridized carbons (Fsp3) is 0.826. The van der Waals surface area contributed by atoms with Gasteiger partial charge in [0.1, 0.15) is 6.61 Å². The summed E-state index contributed by atoms with van der Waals surface area (Å²) in [5, 5.41) is 0. The summed E-state index contributed by atoms with van der Waals surface area (Å²) in [5.74, 6) is -1.25. The van der Waals surface area contributed by atoms with Gasteiger partial charge in [0.25, 0.3) is 0 Å². The number of hydrogen-bond acceptors (Lipinski definition) is 10. The molecule has 0 heterocycles. The topological polar surface area (TPSA) is 108 Å². The van der Waals surface area contributed by atoms with E-state index in [1.807, 2.05) is 0 Å². The molecule has 0 rings (SSSR count). The van der Waals surface area contributed by atoms with Crippen molar-refractivity contribution in [3.05, 3.63) is 12.2 Å². The van der Waals surface area contributed by atoms with Crippen LogP contribution in [0.1, 0.15) is 6.42 Å². The molecule has 0 saturated carbocycles. The summed E-state index contributed by atoms with van der Waals surface area (Å²) in [4.78, 5) is 23.8. The van der Waals surface area contributed by atoms with Crippen LogP contribution in [0.5, 0.6) is 0 Å². The molecule has 0 aromatic rings. The third-order valence-corrected chi connectivity index (χ3v) is 15.9. The first-order valence-electron chi connectivity index (χ1n) is 12.7. The molecule has 37 heavy (non-hydrogen) atoms. The molecule has 0 aliphatic rings. The van der Waals surface area contributed by atoms with Crippen molar-refractivity contribution in [3.63, 3.8) is 0 Å². The summed E-state index contributed by atoms with van der Waals surface area (Å²) in [6, 6.07) is 0.572. The zero-order valence-electron chi connectivity index (χ0n) is 24.6. The molecule has 0 spiro atoms. The molecule has 0 amide bonds. The van der Waals surface area contributed by atoms with E-state index in [1.165, 1.54) is 0 Å². The van der Waals surface area contributed by atoms with Gasteiger partial charge >= 0.3 is 20.7 Å². The van der Waals surface area contributed by atoms with Crippen LogP contribution in [0.4, 0.5) is 0 Å². The molecule has 0 N–H and O–H groups in total. The average Bonchev–Trinajstić information content (AvgIpc) is 2.70. The van der Waals surface area contributed by atoms with Crippen LogP contribution in [0.15, 0.2) is 12.2 Å². The maximum absolute atomic E-state index is 12.1. The highest BCUT2D eigenvalue weighted by Crippen LogP contribution is 2.29. The highest BCUT2D eigenvalue weighted by atomic mass is 28.5. The van der Waals surface area contributed by atoms with Crippen LogP contribution in [0.2, 0.25) is 65.0 Å². The van der Waals surface area contributed by atoms with Crippen LogP contribution in [0.3, 0.4) is 0 Å². The highest BCUT2D eigenvalue weighted by molar-refractivity contribution is 6.90. The van der Waals surface area contributed by atoms with Crippen LogP contribution in [0.25, 0.3) is 0 Å². The summed E-state index contributed by atoms with van der Waals surface area (Å²) in [6.45, 7) is 21.5. The third-order valence-electron chi connectivity index (χ3n) is 3.89. The lowest BCUT2D eigenvalue weighted by Gasteiger charge is -2.42. The van der Waals surface area contributed by atoms with Crippen molar-refractivity contribution in [2.45, 2.75) is 71.4 Å². The minimum Gasteiger partial charge on any atom is -0.463 e. The van der Waals surface area contributed by atoms with Gasteiger partial charge in [-0.2, -0.15) is 0 Å². The minimum absolute atomic E-state index is 0.0777. The SMILES string of the molecule is COCCOCCOCCOC(=O)/C=C/C(=O)OCCC[Si](O[Si](C)(C)C)(O[Si](C)(C)C)O[Si](C)(C)C. The molecule has 0 aliphatic carbocycles. The van der Waals surface area contributed by atoms with Crippen LogP contribution in [-0.4, -0.2) is 99.1 Å². The molecule has 0 aromatic carbocycles. The molecule has 0 aromatic heterocycles. The molecule has 0 saturated heterocycles. The number of carbonyl (C=O) groups excluding carboxylic acids is 2. The first-order chi connectivity index (χ1) is 17.0. The molecule has 0 fully saturated rings. The first kappa shape index (κ1) is 36.3. The second-order valence-corrected chi connectivity index (χ2v) is 28.3. The van der Waals surface area contributed by atoms with Gasteiger partial charge in [0.05, 0.1) is 39.6 Å². The van der Waals surface area contributed by atoms with Gasteiger partial charge in [-0.05, 0) is 65.3 Å². The number of carbonyl (C=O) groups is 2. The summed E-state index contributed by atoms with van der Waals surface area (Å²) in [5.41, 5.74) is 0. The standard InChI is InChI=1S/C23H50O10Si4/c1-26-15-16-27-17-18-28-19-20-30-23(25)13-12-22(24)29-14-11-21-37(31-34(2,3)4,32-35(5,6)7)33-36(8,9)10/h12-13H,11,14-21H2,1-10H3/b13-12+. The van der Waals surface area contributed by atoms with Gasteiger partial charge in [-0.25, -0.2) is 9.59 Å². The second-order valence-electron chi connectivity index (χ2n) is 11.3. The van der Waals surface area contributed by atoms with E-state index >= 15 is 0 Å². The van der Waals surface area contributed by atoms with Crippen molar-refractivity contribution in [2.75, 3.05) is 53.4 Å². The lowest BCUT2D eigenvalue weighted by molar-refractivity contribution is -0.141. The van der Waals surface area contributed by atoms with Crippen molar-refractivity contribution < 1.29 is 45.6 Å². The Balaban J connectivity index is 4.56. The smallest absolute Gasteiger partial charge is 0.463 e. The molecule has 0 bridgehead atoms. The van der Waals surface area contributed by atoms with Gasteiger partial charge in [0.15, 0.2) is 25.0 Å². The number of rotatable bonds is 21. The Hall–Kier alpha value is -0.692. The van der Waals surface area contributed by atoms with Crippen LogP contribution >= 0.6 is 0 Å². The summed E-state index contributed by atoms with van der Waals surface area (Å²) >= 11 is 0. The Bertz CT molecular complexity index is 644. The second kappa shape index (κ2) is 17.8. The number of ether oxygens (including phenoxy) is 5. The summed E-state index contributed by atoms with van der Waals surface area (Å²) in [6.07, 6.45) is 2.65. The molecule has 10 nitrogen and oxygen atoms in total. The number of esters is 2. The fourth-order valence-electron chi connectivity index (χ4n) is 2.97. The maximum Gasteiger partial charge on any atom is 0.469 e. The predicted molar refractivity (Wildman–Crippen MR) is 153 cm³/mol. The molecule has 0 radical (unpaired) electrons. The van der Waals surface area contributed by atoms with E-state index in [1.54, 1.807) is 7.11 Å². The molecular weight excluding hydrogens is 549 g/mol. The van der Waals surface area contributed by atoms with Crippen LogP contribution < -0.4 is 0 Å². The Morgan fingerprint density at radius 3 is 1.35 bits per heavy atom. The first-order valence-corrected chi connectivity index (χ1v) is 24.9. The van der Waals surface area contributed by atoms with Crippen molar-refractivity contribution in [1.29, 1.82) is 0 Å². The molecule has 0 atom stereocenters. The number of hydrogen-bond donors (Lipinski definition) is 0. The van der Waals surface area contributed by atoms with E-state index in [2.05, 4.69) is 58.9 Å². The van der Waals surface area contributed by atoms with Crippen molar-refractivity contribution in [3.8, 4) is 0 Å². The maximum atomic E-state index is 12.1. The van der Waals surface area contributed by atoms with Crippen molar-refractivity contribution in [1.82, 2.24) is 0 Å². The van der Waals surface area contributed by atoms with Gasteiger partial charge in [0.2, 0.25) is 0 Å². The van der Waals surface area contributed by atoms with Gasteiger partial charge < -0.3 is 36.0 Å². The Kier molecular flexibility index (Phi) is 17.5. The zero-order valence-corrected chi connectivity index (χ0v) is 28.6. The van der Waals surface area contributed by atoms with Gasteiger partial charge in [-0.3, -0.25) is 0 Å². The lowest BCUT2D eigenvalue weighted by atomic mass is 10.5. The number of methoxy groups -OCH3 is 1. The minimum atomic E-state index is -2.97. The van der Waals surface area contributed by atoms with Crippen LogP contribution in [0, 0.1) is 0 Å². The van der Waals surface area contributed by atoms with Crippen molar-refractivity contribution in [2.24, 2.45) is 0 Å². The molecule has 0 unspecified atom stereocenters. The highest BCUT2D eigenvalue weighted by Gasteiger charge is 2.49. The largest absolute Gasteiger partial charge is 0.469 e. The van der Waals surface area contributed by atoms with Crippen LogP contribution in [-0.2, 0) is 45.6 Å². The molecule has 218 valence electrons. The zero-order chi connectivity index (χ0) is 28.6. The normalized spacial score (nSPS) is 13.2. The van der Waals surface area contributed by atoms with E-state index in [0.29, 0.717) is 38.9 Å². The van der Waals surface area contributed by atoms with Gasteiger partial charge in [-0.15, -0.1) is 0 Å². The predicted octanol–water partition coefficient (Wildman–Crippen LogP) is 4.19. The summed E-state index contributed by atoms with van der Waals surface area (Å²) < 4.78 is 45.5. The Morgan fingerprint density at radius 2 is 0.946 bits per heavy atom. The molecule has 14 heteroatoms. The third kappa shape index (κ3) is 23.0. The van der Waals surface area contributed by atoms with Gasteiger partial charge in [0, 0.05) is 25.3 Å². The Labute approximate surface area is 228 Å². The fourth-order valence-corrected chi connectivity index (χ4v) is 17.6. The van der Waals surface area contributed by atoms with Gasteiger partial charge in [-0.1, -0.05) is 0 Å². The van der Waals surface area contributed by atoms with E-state index in [4.69, 9.17) is 36.0 Å². The van der Waals surface area contributed by atoms with Crippen molar-refractivity contribution >= 4 is 45.7 Å². The molecule has 0 aliphatic heterocycles. The van der Waals surface area contributed by atoms with E-state index in [9.17, 15) is 9.59 Å². The van der Waals surface area contributed by atoms with E-state index in [-0.39, 0.29) is 19.8 Å². The summed E-state index contributed by atoms with van der Waals surface area (Å²) in [7, 11) is -7.24. The lowest BCUT2D eigenvalue weighted by Crippen LogP contribution is -2.60. The van der Waals surface area contributed by atoms with E-state index in [0.717, 1.165) is 12.2 Å². The average molecular weight is 599 g/mol. The Morgan fingerprint density at radius 1 is 0.568 bits per heavy atom. The monoisotopic (exact) mass is 598 g/mol. The molecular formula is C23H50O10Si4. The quantitative estimate of drug-likeness (QED) is 0.0826.